The summed E-state index contributed by atoms with van der Waals surface area (Å²) in [6.07, 6.45) is 2.99. The number of pyridine rings is 1. The number of hydrogen-bond donors (Lipinski definition) is 1. The van der Waals surface area contributed by atoms with Crippen molar-refractivity contribution in [2.45, 2.75) is 53.1 Å². The number of rotatable bonds is 4. The van der Waals surface area contributed by atoms with E-state index < -0.39 is 0 Å². The summed E-state index contributed by atoms with van der Waals surface area (Å²) < 4.78 is 0. The molecule has 90 valence electrons. The fraction of sp³-hybridized carbons (Fsp3) is 0.643. The Hall–Kier alpha value is -0.890. The minimum Gasteiger partial charge on any atom is -0.306 e. The maximum Gasteiger partial charge on any atom is 0.0541 e. The normalized spacial score (nSPS) is 12.8. The number of nitrogens with one attached hydrogen (secondary N) is 1. The molecule has 0 saturated heterocycles. The Bertz CT molecular complexity index is 309. The minimum absolute atomic E-state index is 0.149. The van der Waals surface area contributed by atoms with E-state index in [-0.39, 0.29) is 5.54 Å². The topological polar surface area (TPSA) is 24.9 Å². The van der Waals surface area contributed by atoms with Crippen molar-refractivity contribution in [1.82, 2.24) is 10.3 Å². The second-order valence-electron chi connectivity index (χ2n) is 6.30. The van der Waals surface area contributed by atoms with Gasteiger partial charge in [-0.3, -0.25) is 4.98 Å². The molecule has 1 heterocycles. The second kappa shape index (κ2) is 4.96. The van der Waals surface area contributed by atoms with Gasteiger partial charge in [0.15, 0.2) is 0 Å². The molecule has 0 aliphatic heterocycles. The highest BCUT2D eigenvalue weighted by atomic mass is 15.0. The second-order valence-corrected chi connectivity index (χ2v) is 6.30. The molecule has 0 bridgehead atoms. The first-order chi connectivity index (χ1) is 7.29. The molecule has 16 heavy (non-hydrogen) atoms. The van der Waals surface area contributed by atoms with Crippen LogP contribution in [0.2, 0.25) is 0 Å². The highest BCUT2D eigenvalue weighted by Gasteiger charge is 2.24. The number of aromatic nitrogens is 1. The maximum absolute atomic E-state index is 4.32. The first-order valence-corrected chi connectivity index (χ1v) is 5.93. The summed E-state index contributed by atoms with van der Waals surface area (Å²) >= 11 is 0. The van der Waals surface area contributed by atoms with Crippen molar-refractivity contribution in [3.63, 3.8) is 0 Å². The Balaban J connectivity index is 2.48. The van der Waals surface area contributed by atoms with Crippen LogP contribution in [0.25, 0.3) is 0 Å². The zero-order valence-corrected chi connectivity index (χ0v) is 11.2. The largest absolute Gasteiger partial charge is 0.306 e. The molecule has 0 amide bonds. The van der Waals surface area contributed by atoms with Crippen molar-refractivity contribution in [3.8, 4) is 0 Å². The van der Waals surface area contributed by atoms with Gasteiger partial charge in [-0.05, 0) is 37.8 Å². The van der Waals surface area contributed by atoms with Gasteiger partial charge >= 0.3 is 0 Å². The third-order valence-corrected chi connectivity index (χ3v) is 2.45. The van der Waals surface area contributed by atoms with Gasteiger partial charge in [-0.15, -0.1) is 0 Å². The van der Waals surface area contributed by atoms with E-state index in [1.54, 1.807) is 0 Å². The Morgan fingerprint density at radius 1 is 1.12 bits per heavy atom. The standard InChI is InChI=1S/C14H24N2/c1-13(2,3)11-14(4,5)16-10-12-8-6-7-9-15-12/h6-9,16H,10-11H2,1-5H3. The molecule has 0 aliphatic carbocycles. The summed E-state index contributed by atoms with van der Waals surface area (Å²) in [4.78, 5) is 4.32. The predicted octanol–water partition coefficient (Wildman–Crippen LogP) is 3.39. The molecule has 0 aromatic carbocycles. The third-order valence-electron chi connectivity index (χ3n) is 2.45. The van der Waals surface area contributed by atoms with Crippen molar-refractivity contribution >= 4 is 0 Å². The van der Waals surface area contributed by atoms with Crippen LogP contribution < -0.4 is 5.32 Å². The van der Waals surface area contributed by atoms with Gasteiger partial charge in [0.05, 0.1) is 5.69 Å². The molecule has 1 aromatic rings. The molecule has 2 nitrogen and oxygen atoms in total. The summed E-state index contributed by atoms with van der Waals surface area (Å²) in [5.74, 6) is 0. The maximum atomic E-state index is 4.32. The Labute approximate surface area is 99.5 Å². The van der Waals surface area contributed by atoms with E-state index in [0.29, 0.717) is 5.41 Å². The molecule has 0 aliphatic rings. The van der Waals surface area contributed by atoms with Gasteiger partial charge in [0, 0.05) is 18.3 Å². The average Bonchev–Trinajstić information content (AvgIpc) is 2.13. The summed E-state index contributed by atoms with van der Waals surface area (Å²) in [6, 6.07) is 6.03. The molecule has 2 heteroatoms. The van der Waals surface area contributed by atoms with Crippen molar-refractivity contribution < 1.29 is 0 Å². The van der Waals surface area contributed by atoms with Crippen molar-refractivity contribution in [3.05, 3.63) is 30.1 Å². The SMILES string of the molecule is CC(C)(C)CC(C)(C)NCc1ccccn1. The molecule has 0 radical (unpaired) electrons. The van der Waals surface area contributed by atoms with Crippen molar-refractivity contribution in [2.75, 3.05) is 0 Å². The molecule has 0 atom stereocenters. The van der Waals surface area contributed by atoms with E-state index in [1.807, 2.05) is 18.3 Å². The lowest BCUT2D eigenvalue weighted by Gasteiger charge is -2.33. The molecule has 1 rings (SSSR count). The van der Waals surface area contributed by atoms with Crippen LogP contribution in [0.4, 0.5) is 0 Å². The van der Waals surface area contributed by atoms with Gasteiger partial charge in [0.1, 0.15) is 0 Å². The fourth-order valence-corrected chi connectivity index (χ4v) is 2.22. The smallest absolute Gasteiger partial charge is 0.0541 e. The van der Waals surface area contributed by atoms with Crippen LogP contribution in [0, 0.1) is 5.41 Å². The molecule has 1 aromatic heterocycles. The fourth-order valence-electron chi connectivity index (χ4n) is 2.22. The van der Waals surface area contributed by atoms with Crippen LogP contribution in [-0.2, 0) is 6.54 Å². The van der Waals surface area contributed by atoms with Crippen molar-refractivity contribution in [1.29, 1.82) is 0 Å². The van der Waals surface area contributed by atoms with Crippen molar-refractivity contribution in [2.24, 2.45) is 5.41 Å². The summed E-state index contributed by atoms with van der Waals surface area (Å²) in [5.41, 5.74) is 1.60. The predicted molar refractivity (Wildman–Crippen MR) is 69.2 cm³/mol. The third kappa shape index (κ3) is 5.26. The zero-order chi connectivity index (χ0) is 12.2. The number of hydrogen-bond acceptors (Lipinski definition) is 2. The average molecular weight is 220 g/mol. The van der Waals surface area contributed by atoms with E-state index in [1.165, 1.54) is 0 Å². The minimum atomic E-state index is 0.149. The summed E-state index contributed by atoms with van der Waals surface area (Å²) in [6.45, 7) is 12.2. The highest BCUT2D eigenvalue weighted by Crippen LogP contribution is 2.26. The van der Waals surface area contributed by atoms with Gasteiger partial charge in [-0.25, -0.2) is 0 Å². The van der Waals surface area contributed by atoms with Gasteiger partial charge < -0.3 is 5.32 Å². The lowest BCUT2D eigenvalue weighted by Crippen LogP contribution is -2.41. The van der Waals surface area contributed by atoms with Crippen LogP contribution in [0.1, 0.15) is 46.7 Å². The quantitative estimate of drug-likeness (QED) is 0.841. The van der Waals surface area contributed by atoms with Gasteiger partial charge in [0.25, 0.3) is 0 Å². The van der Waals surface area contributed by atoms with E-state index in [9.17, 15) is 0 Å². The first-order valence-electron chi connectivity index (χ1n) is 5.93. The van der Waals surface area contributed by atoms with E-state index in [0.717, 1.165) is 18.7 Å². The van der Waals surface area contributed by atoms with Gasteiger partial charge in [-0.2, -0.15) is 0 Å². The monoisotopic (exact) mass is 220 g/mol. The van der Waals surface area contributed by atoms with E-state index >= 15 is 0 Å². The Kier molecular flexibility index (Phi) is 4.09. The number of nitrogens with zero attached hydrogens (tertiary/aromatic N) is 1. The molecule has 0 spiro atoms. The van der Waals surface area contributed by atoms with Gasteiger partial charge in [0.2, 0.25) is 0 Å². The zero-order valence-electron chi connectivity index (χ0n) is 11.2. The highest BCUT2D eigenvalue weighted by molar-refractivity contribution is 5.03. The first kappa shape index (κ1) is 13.2. The van der Waals surface area contributed by atoms with E-state index in [2.05, 4.69) is 51.0 Å². The van der Waals surface area contributed by atoms with E-state index in [4.69, 9.17) is 0 Å². The Morgan fingerprint density at radius 3 is 2.31 bits per heavy atom. The van der Waals surface area contributed by atoms with Crippen LogP contribution in [0.5, 0.6) is 0 Å². The van der Waals surface area contributed by atoms with Crippen LogP contribution in [0.15, 0.2) is 24.4 Å². The summed E-state index contributed by atoms with van der Waals surface area (Å²) in [7, 11) is 0. The van der Waals surface area contributed by atoms with Crippen LogP contribution in [0.3, 0.4) is 0 Å². The summed E-state index contributed by atoms with van der Waals surface area (Å²) in [5, 5.41) is 3.57. The molecule has 0 unspecified atom stereocenters. The molecular formula is C14H24N2. The molecule has 0 fully saturated rings. The molecular weight excluding hydrogens is 196 g/mol. The van der Waals surface area contributed by atoms with Gasteiger partial charge in [-0.1, -0.05) is 26.8 Å². The van der Waals surface area contributed by atoms with Crippen LogP contribution >= 0.6 is 0 Å². The lowest BCUT2D eigenvalue weighted by atomic mass is 9.82. The molecule has 1 N–H and O–H groups in total. The Morgan fingerprint density at radius 2 is 1.81 bits per heavy atom. The lowest BCUT2D eigenvalue weighted by molar-refractivity contribution is 0.240. The van der Waals surface area contributed by atoms with Crippen LogP contribution in [-0.4, -0.2) is 10.5 Å². The molecule has 0 saturated carbocycles.